The highest BCUT2D eigenvalue weighted by molar-refractivity contribution is 9.10. The Morgan fingerprint density at radius 2 is 1.78 bits per heavy atom. The number of anilines is 2. The molecule has 0 aliphatic carbocycles. The Hall–Kier alpha value is -0.840. The summed E-state index contributed by atoms with van der Waals surface area (Å²) in [4.78, 5) is 8.47. The van der Waals surface area contributed by atoms with E-state index in [0.717, 1.165) is 29.2 Å². The summed E-state index contributed by atoms with van der Waals surface area (Å²) in [5.74, 6) is 2.28. The Labute approximate surface area is 118 Å². The molecular formula is C13H23BrN4. The van der Waals surface area contributed by atoms with Crippen LogP contribution in [0.5, 0.6) is 0 Å². The normalized spacial score (nSPS) is 11.7. The van der Waals surface area contributed by atoms with Gasteiger partial charge in [-0.25, -0.2) is 9.97 Å². The van der Waals surface area contributed by atoms with Gasteiger partial charge in [-0.2, -0.15) is 0 Å². The van der Waals surface area contributed by atoms with E-state index in [2.05, 4.69) is 64.2 Å². The third-order valence-corrected chi connectivity index (χ3v) is 4.16. The van der Waals surface area contributed by atoms with E-state index in [1.54, 1.807) is 6.33 Å². The summed E-state index contributed by atoms with van der Waals surface area (Å²) in [6.07, 6.45) is 1.58. The SMILES string of the molecule is CCNc1ncnc(NCC(C)(C)C(C)C)c1Br. The van der Waals surface area contributed by atoms with Crippen molar-refractivity contribution in [3.63, 3.8) is 0 Å². The molecule has 1 heterocycles. The van der Waals surface area contributed by atoms with E-state index in [0.29, 0.717) is 5.92 Å². The van der Waals surface area contributed by atoms with E-state index in [9.17, 15) is 0 Å². The molecule has 0 radical (unpaired) electrons. The fourth-order valence-electron chi connectivity index (χ4n) is 1.30. The van der Waals surface area contributed by atoms with E-state index >= 15 is 0 Å². The van der Waals surface area contributed by atoms with Crippen LogP contribution in [0, 0.1) is 11.3 Å². The summed E-state index contributed by atoms with van der Waals surface area (Å²) in [5.41, 5.74) is 0.225. The molecule has 102 valence electrons. The number of halogens is 1. The van der Waals surface area contributed by atoms with Crippen LogP contribution in [-0.4, -0.2) is 23.1 Å². The number of aromatic nitrogens is 2. The minimum Gasteiger partial charge on any atom is -0.369 e. The molecule has 0 aromatic carbocycles. The topological polar surface area (TPSA) is 49.8 Å². The van der Waals surface area contributed by atoms with Crippen LogP contribution in [0.25, 0.3) is 0 Å². The van der Waals surface area contributed by atoms with Crippen molar-refractivity contribution in [2.24, 2.45) is 11.3 Å². The maximum Gasteiger partial charge on any atom is 0.145 e. The van der Waals surface area contributed by atoms with Crippen LogP contribution < -0.4 is 10.6 Å². The van der Waals surface area contributed by atoms with E-state index in [4.69, 9.17) is 0 Å². The average molecular weight is 315 g/mol. The minimum atomic E-state index is 0.225. The van der Waals surface area contributed by atoms with Crippen LogP contribution in [0.1, 0.15) is 34.6 Å². The van der Waals surface area contributed by atoms with Gasteiger partial charge in [0.05, 0.1) is 0 Å². The molecule has 0 unspecified atom stereocenters. The largest absolute Gasteiger partial charge is 0.369 e. The van der Waals surface area contributed by atoms with Gasteiger partial charge in [-0.3, -0.25) is 0 Å². The van der Waals surface area contributed by atoms with Gasteiger partial charge in [0.25, 0.3) is 0 Å². The molecule has 1 rings (SSSR count). The smallest absolute Gasteiger partial charge is 0.145 e. The number of hydrogen-bond acceptors (Lipinski definition) is 4. The second-order valence-corrected chi connectivity index (χ2v) is 6.21. The Kier molecular flexibility index (Phi) is 5.38. The summed E-state index contributed by atoms with van der Waals surface area (Å²) >= 11 is 3.54. The molecule has 0 fully saturated rings. The Morgan fingerprint density at radius 1 is 1.22 bits per heavy atom. The molecule has 0 atom stereocenters. The van der Waals surface area contributed by atoms with Crippen molar-refractivity contribution in [3.8, 4) is 0 Å². The molecular weight excluding hydrogens is 292 g/mol. The lowest BCUT2D eigenvalue weighted by Crippen LogP contribution is -2.29. The first-order valence-electron chi connectivity index (χ1n) is 6.36. The Balaban J connectivity index is 2.77. The van der Waals surface area contributed by atoms with E-state index in [1.807, 2.05) is 6.92 Å². The zero-order valence-electron chi connectivity index (χ0n) is 11.8. The highest BCUT2D eigenvalue weighted by atomic mass is 79.9. The molecule has 0 amide bonds. The predicted molar refractivity (Wildman–Crippen MR) is 81.0 cm³/mol. The van der Waals surface area contributed by atoms with Crippen molar-refractivity contribution in [2.75, 3.05) is 23.7 Å². The molecule has 0 spiro atoms. The van der Waals surface area contributed by atoms with Crippen LogP contribution in [-0.2, 0) is 0 Å². The second kappa shape index (κ2) is 6.36. The van der Waals surface area contributed by atoms with Gasteiger partial charge >= 0.3 is 0 Å². The van der Waals surface area contributed by atoms with Gasteiger partial charge < -0.3 is 10.6 Å². The molecule has 2 N–H and O–H groups in total. The predicted octanol–water partition coefficient (Wildman–Crippen LogP) is 3.77. The van der Waals surface area contributed by atoms with Crippen molar-refractivity contribution in [3.05, 3.63) is 10.8 Å². The van der Waals surface area contributed by atoms with Gasteiger partial charge in [-0.05, 0) is 34.2 Å². The highest BCUT2D eigenvalue weighted by Crippen LogP contribution is 2.30. The van der Waals surface area contributed by atoms with Crippen LogP contribution in [0.15, 0.2) is 10.8 Å². The molecule has 0 aliphatic heterocycles. The molecule has 0 bridgehead atoms. The Bertz CT molecular complexity index is 391. The summed E-state index contributed by atoms with van der Waals surface area (Å²) in [6, 6.07) is 0. The van der Waals surface area contributed by atoms with E-state index < -0.39 is 0 Å². The Morgan fingerprint density at radius 3 is 2.28 bits per heavy atom. The van der Waals surface area contributed by atoms with E-state index in [1.165, 1.54) is 0 Å². The minimum absolute atomic E-state index is 0.225. The van der Waals surface area contributed by atoms with Gasteiger partial charge in [0.1, 0.15) is 22.4 Å². The molecule has 18 heavy (non-hydrogen) atoms. The second-order valence-electron chi connectivity index (χ2n) is 5.41. The number of rotatable bonds is 6. The average Bonchev–Trinajstić information content (AvgIpc) is 2.30. The molecule has 0 saturated carbocycles. The van der Waals surface area contributed by atoms with Crippen LogP contribution in [0.4, 0.5) is 11.6 Å². The van der Waals surface area contributed by atoms with Crippen LogP contribution in [0.2, 0.25) is 0 Å². The van der Waals surface area contributed by atoms with Gasteiger partial charge in [-0.15, -0.1) is 0 Å². The lowest BCUT2D eigenvalue weighted by atomic mass is 9.81. The third kappa shape index (κ3) is 3.83. The number of nitrogens with zero attached hydrogens (tertiary/aromatic N) is 2. The fraction of sp³-hybridized carbons (Fsp3) is 0.692. The summed E-state index contributed by atoms with van der Waals surface area (Å²) in [6.45, 7) is 12.7. The van der Waals surface area contributed by atoms with Gasteiger partial charge in [0, 0.05) is 13.1 Å². The highest BCUT2D eigenvalue weighted by Gasteiger charge is 2.22. The lowest BCUT2D eigenvalue weighted by Gasteiger charge is -2.29. The number of hydrogen-bond donors (Lipinski definition) is 2. The standard InChI is InChI=1S/C13H23BrN4/c1-6-15-11-10(14)12(18-8-17-11)16-7-13(4,5)9(2)3/h8-9H,6-7H2,1-5H3,(H2,15,16,17,18). The maximum absolute atomic E-state index is 4.27. The van der Waals surface area contributed by atoms with Crippen molar-refractivity contribution in [1.29, 1.82) is 0 Å². The maximum atomic E-state index is 4.27. The third-order valence-electron chi connectivity index (χ3n) is 3.41. The zero-order chi connectivity index (χ0) is 13.8. The molecule has 1 aromatic heterocycles. The zero-order valence-corrected chi connectivity index (χ0v) is 13.4. The van der Waals surface area contributed by atoms with Crippen molar-refractivity contribution < 1.29 is 0 Å². The summed E-state index contributed by atoms with van der Waals surface area (Å²) in [5, 5.41) is 6.59. The summed E-state index contributed by atoms with van der Waals surface area (Å²) in [7, 11) is 0. The van der Waals surface area contributed by atoms with Gasteiger partial charge in [0.15, 0.2) is 0 Å². The van der Waals surface area contributed by atoms with Crippen molar-refractivity contribution >= 4 is 27.6 Å². The first-order valence-corrected chi connectivity index (χ1v) is 7.16. The van der Waals surface area contributed by atoms with Crippen molar-refractivity contribution in [1.82, 2.24) is 9.97 Å². The molecule has 0 saturated heterocycles. The number of nitrogens with one attached hydrogen (secondary N) is 2. The van der Waals surface area contributed by atoms with Gasteiger partial charge in [-0.1, -0.05) is 27.7 Å². The quantitative estimate of drug-likeness (QED) is 0.839. The first kappa shape index (κ1) is 15.2. The summed E-state index contributed by atoms with van der Waals surface area (Å²) < 4.78 is 0.895. The fourth-order valence-corrected chi connectivity index (χ4v) is 1.78. The van der Waals surface area contributed by atoms with Crippen LogP contribution >= 0.6 is 15.9 Å². The van der Waals surface area contributed by atoms with E-state index in [-0.39, 0.29) is 5.41 Å². The molecule has 4 nitrogen and oxygen atoms in total. The molecule has 5 heteroatoms. The van der Waals surface area contributed by atoms with Gasteiger partial charge in [0.2, 0.25) is 0 Å². The first-order chi connectivity index (χ1) is 8.38. The molecule has 1 aromatic rings. The lowest BCUT2D eigenvalue weighted by molar-refractivity contribution is 0.269. The van der Waals surface area contributed by atoms with Crippen LogP contribution in [0.3, 0.4) is 0 Å². The monoisotopic (exact) mass is 314 g/mol. The van der Waals surface area contributed by atoms with Crippen molar-refractivity contribution in [2.45, 2.75) is 34.6 Å². The molecule has 0 aliphatic rings.